The average molecular weight is 327 g/mol. The molecule has 1 aliphatic heterocycles. The molecule has 5 heteroatoms. The van der Waals surface area contributed by atoms with Gasteiger partial charge in [0.25, 0.3) is 5.91 Å². The van der Waals surface area contributed by atoms with Crippen molar-refractivity contribution >= 4 is 21.8 Å². The van der Waals surface area contributed by atoms with Gasteiger partial charge in [-0.2, -0.15) is 0 Å². The first kappa shape index (κ1) is 14.3. The summed E-state index contributed by atoms with van der Waals surface area (Å²) in [5, 5.41) is 3.40. The van der Waals surface area contributed by atoms with Gasteiger partial charge in [-0.15, -0.1) is 0 Å². The summed E-state index contributed by atoms with van der Waals surface area (Å²) in [6.07, 6.45) is 0. The molecule has 4 nitrogen and oxygen atoms in total. The van der Waals surface area contributed by atoms with Crippen molar-refractivity contribution in [2.24, 2.45) is 0 Å². The number of rotatable bonds is 2. The van der Waals surface area contributed by atoms with Crippen LogP contribution in [0.25, 0.3) is 0 Å². The summed E-state index contributed by atoms with van der Waals surface area (Å²) in [6.45, 7) is 6.50. The highest BCUT2D eigenvalue weighted by atomic mass is 79.9. The molecule has 0 radical (unpaired) electrons. The Kier molecular flexibility index (Phi) is 4.16. The smallest absolute Gasteiger partial charge is 0.254 e. The third-order valence-corrected chi connectivity index (χ3v) is 3.88. The topological polar surface area (TPSA) is 41.6 Å². The van der Waals surface area contributed by atoms with Gasteiger partial charge in [-0.1, -0.05) is 0 Å². The molecule has 1 heterocycles. The van der Waals surface area contributed by atoms with Crippen LogP contribution in [0.3, 0.4) is 0 Å². The molecule has 1 saturated heterocycles. The number of methoxy groups -OCH3 is 1. The summed E-state index contributed by atoms with van der Waals surface area (Å²) in [5.74, 6) is 0.801. The number of nitrogens with zero attached hydrogens (tertiary/aromatic N) is 1. The molecule has 1 aliphatic rings. The van der Waals surface area contributed by atoms with Crippen molar-refractivity contribution in [1.29, 1.82) is 0 Å². The van der Waals surface area contributed by atoms with Crippen LogP contribution in [0.15, 0.2) is 22.7 Å². The number of hydrogen-bond donors (Lipinski definition) is 1. The number of piperazine rings is 1. The zero-order chi connectivity index (χ0) is 14.0. The Morgan fingerprint density at radius 3 is 2.79 bits per heavy atom. The van der Waals surface area contributed by atoms with Gasteiger partial charge in [0.2, 0.25) is 0 Å². The summed E-state index contributed by atoms with van der Waals surface area (Å²) in [6, 6.07) is 5.43. The molecule has 0 atom stereocenters. The number of amides is 1. The Balaban J connectivity index is 2.17. The van der Waals surface area contributed by atoms with E-state index in [4.69, 9.17) is 4.74 Å². The normalized spacial score (nSPS) is 18.2. The van der Waals surface area contributed by atoms with Gasteiger partial charge in [0, 0.05) is 30.7 Å². The van der Waals surface area contributed by atoms with Gasteiger partial charge < -0.3 is 15.0 Å². The lowest BCUT2D eigenvalue weighted by molar-refractivity contribution is 0.0652. The van der Waals surface area contributed by atoms with Crippen LogP contribution >= 0.6 is 15.9 Å². The Morgan fingerprint density at radius 2 is 2.21 bits per heavy atom. The molecule has 1 fully saturated rings. The molecule has 1 aromatic rings. The van der Waals surface area contributed by atoms with E-state index < -0.39 is 0 Å². The summed E-state index contributed by atoms with van der Waals surface area (Å²) in [5.41, 5.74) is 0.655. The van der Waals surface area contributed by atoms with Crippen LogP contribution in [0.2, 0.25) is 0 Å². The molecular weight excluding hydrogens is 308 g/mol. The summed E-state index contributed by atoms with van der Waals surface area (Å²) in [7, 11) is 1.61. The van der Waals surface area contributed by atoms with Gasteiger partial charge in [-0.25, -0.2) is 0 Å². The fourth-order valence-corrected chi connectivity index (χ4v) is 2.84. The average Bonchev–Trinajstić information content (AvgIpc) is 2.36. The van der Waals surface area contributed by atoms with Crippen molar-refractivity contribution in [3.05, 3.63) is 28.2 Å². The third-order valence-electron chi connectivity index (χ3n) is 3.26. The van der Waals surface area contributed by atoms with E-state index in [2.05, 4.69) is 35.1 Å². The quantitative estimate of drug-likeness (QED) is 0.906. The maximum absolute atomic E-state index is 12.5. The first-order valence-corrected chi connectivity index (χ1v) is 7.10. The van der Waals surface area contributed by atoms with Gasteiger partial charge in [-0.05, 0) is 48.0 Å². The SMILES string of the molecule is COc1ccc(C(=O)N2CCNC(C)(C)C2)cc1Br. The Labute approximate surface area is 122 Å². The largest absolute Gasteiger partial charge is 0.496 e. The Hall–Kier alpha value is -1.07. The number of halogens is 1. The summed E-state index contributed by atoms with van der Waals surface area (Å²) >= 11 is 3.41. The van der Waals surface area contributed by atoms with Crippen LogP contribution in [-0.2, 0) is 0 Å². The minimum absolute atomic E-state index is 0.0301. The molecule has 1 aromatic carbocycles. The number of nitrogens with one attached hydrogen (secondary N) is 1. The van der Waals surface area contributed by atoms with E-state index in [0.29, 0.717) is 5.56 Å². The maximum Gasteiger partial charge on any atom is 0.254 e. The molecule has 0 unspecified atom stereocenters. The predicted octanol–water partition coefficient (Wildman–Crippen LogP) is 2.28. The van der Waals surface area contributed by atoms with Crippen molar-refractivity contribution in [2.45, 2.75) is 19.4 Å². The van der Waals surface area contributed by atoms with E-state index in [1.165, 1.54) is 0 Å². The maximum atomic E-state index is 12.5. The number of ether oxygens (including phenoxy) is 1. The lowest BCUT2D eigenvalue weighted by atomic mass is 10.0. The van der Waals surface area contributed by atoms with Crippen molar-refractivity contribution in [3.8, 4) is 5.75 Å². The molecule has 2 rings (SSSR count). The Bertz CT molecular complexity index is 488. The molecule has 0 saturated carbocycles. The highest BCUT2D eigenvalue weighted by molar-refractivity contribution is 9.10. The van der Waals surface area contributed by atoms with E-state index in [0.717, 1.165) is 29.9 Å². The van der Waals surface area contributed by atoms with Crippen molar-refractivity contribution in [3.63, 3.8) is 0 Å². The lowest BCUT2D eigenvalue weighted by Gasteiger charge is -2.39. The monoisotopic (exact) mass is 326 g/mol. The van der Waals surface area contributed by atoms with Crippen LogP contribution in [-0.4, -0.2) is 43.1 Å². The first-order chi connectivity index (χ1) is 8.93. The summed E-state index contributed by atoms with van der Waals surface area (Å²) in [4.78, 5) is 14.4. The third kappa shape index (κ3) is 3.28. The first-order valence-electron chi connectivity index (χ1n) is 6.31. The van der Waals surface area contributed by atoms with Crippen molar-refractivity contribution < 1.29 is 9.53 Å². The number of benzene rings is 1. The molecule has 19 heavy (non-hydrogen) atoms. The van der Waals surface area contributed by atoms with Crippen LogP contribution in [0.4, 0.5) is 0 Å². The van der Waals surface area contributed by atoms with E-state index in [-0.39, 0.29) is 11.4 Å². The highest BCUT2D eigenvalue weighted by Gasteiger charge is 2.29. The zero-order valence-corrected chi connectivity index (χ0v) is 13.1. The number of carbonyl (C=O) groups excluding carboxylic acids is 1. The second kappa shape index (κ2) is 5.51. The zero-order valence-electron chi connectivity index (χ0n) is 11.5. The lowest BCUT2D eigenvalue weighted by Crippen LogP contribution is -2.58. The highest BCUT2D eigenvalue weighted by Crippen LogP contribution is 2.26. The van der Waals surface area contributed by atoms with Gasteiger partial charge in [0.1, 0.15) is 5.75 Å². The van der Waals surface area contributed by atoms with Gasteiger partial charge in [-0.3, -0.25) is 4.79 Å². The molecular formula is C14H19BrN2O2. The second-order valence-electron chi connectivity index (χ2n) is 5.39. The molecule has 0 aromatic heterocycles. The molecule has 104 valence electrons. The van der Waals surface area contributed by atoms with Crippen LogP contribution in [0, 0.1) is 0 Å². The molecule has 0 bridgehead atoms. The standard InChI is InChI=1S/C14H19BrN2O2/c1-14(2)9-17(7-6-16-14)13(18)10-4-5-12(19-3)11(15)8-10/h4-5,8,16H,6-7,9H2,1-3H3. The van der Waals surface area contributed by atoms with Gasteiger partial charge in [0.15, 0.2) is 0 Å². The minimum atomic E-state index is -0.0301. The molecule has 0 spiro atoms. The van der Waals surface area contributed by atoms with Crippen LogP contribution in [0.1, 0.15) is 24.2 Å². The molecule has 0 aliphatic carbocycles. The van der Waals surface area contributed by atoms with Crippen LogP contribution in [0.5, 0.6) is 5.75 Å². The van der Waals surface area contributed by atoms with Crippen LogP contribution < -0.4 is 10.1 Å². The number of carbonyl (C=O) groups is 1. The molecule has 1 N–H and O–H groups in total. The number of hydrogen-bond acceptors (Lipinski definition) is 3. The van der Waals surface area contributed by atoms with Gasteiger partial charge in [0.05, 0.1) is 11.6 Å². The van der Waals surface area contributed by atoms with E-state index in [1.54, 1.807) is 13.2 Å². The summed E-state index contributed by atoms with van der Waals surface area (Å²) < 4.78 is 5.98. The van der Waals surface area contributed by atoms with E-state index in [1.807, 2.05) is 17.0 Å². The van der Waals surface area contributed by atoms with E-state index >= 15 is 0 Å². The Morgan fingerprint density at radius 1 is 1.47 bits per heavy atom. The fraction of sp³-hybridized carbons (Fsp3) is 0.500. The predicted molar refractivity (Wildman–Crippen MR) is 78.7 cm³/mol. The van der Waals surface area contributed by atoms with Gasteiger partial charge >= 0.3 is 0 Å². The van der Waals surface area contributed by atoms with Crippen molar-refractivity contribution in [2.75, 3.05) is 26.7 Å². The van der Waals surface area contributed by atoms with E-state index in [9.17, 15) is 4.79 Å². The van der Waals surface area contributed by atoms with Crippen molar-refractivity contribution in [1.82, 2.24) is 10.2 Å². The second-order valence-corrected chi connectivity index (χ2v) is 6.24. The molecule has 1 amide bonds. The minimum Gasteiger partial charge on any atom is -0.496 e. The fourth-order valence-electron chi connectivity index (χ4n) is 2.30.